The molecule has 0 radical (unpaired) electrons. The number of hydrogen-bond donors (Lipinski definition) is 1. The lowest BCUT2D eigenvalue weighted by Crippen LogP contribution is -2.51. The Morgan fingerprint density at radius 1 is 0.926 bits per heavy atom. The zero-order valence-electron chi connectivity index (χ0n) is 14.9. The van der Waals surface area contributed by atoms with Crippen molar-refractivity contribution >= 4 is 11.8 Å². The molecule has 0 spiro atoms. The highest BCUT2D eigenvalue weighted by Crippen LogP contribution is 2.13. The van der Waals surface area contributed by atoms with Crippen molar-refractivity contribution in [3.8, 4) is 5.75 Å². The molecule has 27 heavy (non-hydrogen) atoms. The third-order valence-electron chi connectivity index (χ3n) is 4.53. The first-order valence-corrected chi connectivity index (χ1v) is 8.81. The Morgan fingerprint density at radius 2 is 1.52 bits per heavy atom. The molecule has 2 aromatic carbocycles. The van der Waals surface area contributed by atoms with Gasteiger partial charge in [0.2, 0.25) is 0 Å². The van der Waals surface area contributed by atoms with E-state index >= 15 is 0 Å². The molecule has 1 aliphatic rings. The SMILES string of the molecule is NCc1ccc(C(=O)N2CCN(C(=O)COc3ccc(F)cc3)CC2)cc1. The smallest absolute Gasteiger partial charge is 0.260 e. The van der Waals surface area contributed by atoms with Crippen LogP contribution in [0.15, 0.2) is 48.5 Å². The van der Waals surface area contributed by atoms with Gasteiger partial charge in [-0.25, -0.2) is 4.39 Å². The summed E-state index contributed by atoms with van der Waals surface area (Å²) in [6.07, 6.45) is 0. The minimum Gasteiger partial charge on any atom is -0.484 e. The van der Waals surface area contributed by atoms with E-state index in [4.69, 9.17) is 10.5 Å². The molecule has 6 nitrogen and oxygen atoms in total. The summed E-state index contributed by atoms with van der Waals surface area (Å²) in [5.41, 5.74) is 7.16. The first-order valence-electron chi connectivity index (χ1n) is 8.81. The largest absolute Gasteiger partial charge is 0.484 e. The van der Waals surface area contributed by atoms with Crippen LogP contribution in [-0.2, 0) is 11.3 Å². The number of nitrogens with zero attached hydrogens (tertiary/aromatic N) is 2. The second-order valence-electron chi connectivity index (χ2n) is 6.32. The lowest BCUT2D eigenvalue weighted by atomic mass is 10.1. The van der Waals surface area contributed by atoms with Crippen LogP contribution in [0.2, 0.25) is 0 Å². The molecule has 0 bridgehead atoms. The van der Waals surface area contributed by atoms with Gasteiger partial charge in [0, 0.05) is 38.3 Å². The van der Waals surface area contributed by atoms with Gasteiger partial charge in [0.25, 0.3) is 11.8 Å². The van der Waals surface area contributed by atoms with Crippen molar-refractivity contribution in [2.24, 2.45) is 5.73 Å². The van der Waals surface area contributed by atoms with E-state index in [1.54, 1.807) is 21.9 Å². The molecular formula is C20H22FN3O3. The summed E-state index contributed by atoms with van der Waals surface area (Å²) >= 11 is 0. The van der Waals surface area contributed by atoms with Gasteiger partial charge in [-0.05, 0) is 42.0 Å². The van der Waals surface area contributed by atoms with E-state index in [2.05, 4.69) is 0 Å². The maximum atomic E-state index is 12.9. The van der Waals surface area contributed by atoms with Gasteiger partial charge in [0.15, 0.2) is 6.61 Å². The second-order valence-corrected chi connectivity index (χ2v) is 6.32. The van der Waals surface area contributed by atoms with Crippen LogP contribution in [0.25, 0.3) is 0 Å². The van der Waals surface area contributed by atoms with Crippen molar-refractivity contribution in [1.82, 2.24) is 9.80 Å². The summed E-state index contributed by atoms with van der Waals surface area (Å²) in [5.74, 6) is -0.112. The van der Waals surface area contributed by atoms with Crippen molar-refractivity contribution < 1.29 is 18.7 Å². The molecule has 0 saturated carbocycles. The number of rotatable bonds is 5. The molecule has 1 heterocycles. The van der Waals surface area contributed by atoms with Crippen molar-refractivity contribution in [2.75, 3.05) is 32.8 Å². The van der Waals surface area contributed by atoms with Crippen molar-refractivity contribution in [2.45, 2.75) is 6.54 Å². The monoisotopic (exact) mass is 371 g/mol. The van der Waals surface area contributed by atoms with Gasteiger partial charge in [-0.15, -0.1) is 0 Å². The van der Waals surface area contributed by atoms with Crippen molar-refractivity contribution in [3.63, 3.8) is 0 Å². The predicted octanol–water partition coefficient (Wildman–Crippen LogP) is 1.65. The van der Waals surface area contributed by atoms with Crippen LogP contribution in [0.5, 0.6) is 5.75 Å². The van der Waals surface area contributed by atoms with Gasteiger partial charge in [-0.1, -0.05) is 12.1 Å². The molecule has 3 rings (SSSR count). The first-order chi connectivity index (χ1) is 13.1. The summed E-state index contributed by atoms with van der Waals surface area (Å²) in [6, 6.07) is 12.8. The molecular weight excluding hydrogens is 349 g/mol. The Kier molecular flexibility index (Phi) is 6.03. The first kappa shape index (κ1) is 18.8. The van der Waals surface area contributed by atoms with E-state index in [1.807, 2.05) is 12.1 Å². The molecule has 0 unspecified atom stereocenters. The molecule has 0 aliphatic carbocycles. The molecule has 142 valence electrons. The number of amides is 2. The minimum atomic E-state index is -0.355. The standard InChI is InChI=1S/C20H22FN3O3/c21-17-5-7-18(8-6-17)27-14-19(25)23-9-11-24(12-10-23)20(26)16-3-1-15(13-22)2-4-16/h1-8H,9-14,22H2. The Balaban J connectivity index is 1.48. The third kappa shape index (κ3) is 4.83. The maximum Gasteiger partial charge on any atom is 0.260 e. The number of nitrogens with two attached hydrogens (primary N) is 1. The van der Waals surface area contributed by atoms with Crippen molar-refractivity contribution in [3.05, 3.63) is 65.5 Å². The number of carbonyl (C=O) groups excluding carboxylic acids is 2. The molecule has 0 atom stereocenters. The van der Waals surface area contributed by atoms with Crippen LogP contribution in [-0.4, -0.2) is 54.4 Å². The number of ether oxygens (including phenoxy) is 1. The fourth-order valence-corrected chi connectivity index (χ4v) is 2.89. The quantitative estimate of drug-likeness (QED) is 0.867. The van der Waals surface area contributed by atoms with E-state index in [1.165, 1.54) is 24.3 Å². The highest BCUT2D eigenvalue weighted by atomic mass is 19.1. The summed E-state index contributed by atoms with van der Waals surface area (Å²) in [4.78, 5) is 28.2. The Morgan fingerprint density at radius 3 is 2.11 bits per heavy atom. The fraction of sp³-hybridized carbons (Fsp3) is 0.300. The van der Waals surface area contributed by atoms with Crippen LogP contribution in [0, 0.1) is 5.82 Å². The normalized spacial score (nSPS) is 14.1. The molecule has 2 N–H and O–H groups in total. The van der Waals surface area contributed by atoms with E-state index < -0.39 is 0 Å². The van der Waals surface area contributed by atoms with Crippen LogP contribution in [0.1, 0.15) is 15.9 Å². The molecule has 1 fully saturated rings. The zero-order valence-corrected chi connectivity index (χ0v) is 14.9. The summed E-state index contributed by atoms with van der Waals surface area (Å²) in [5, 5.41) is 0. The maximum absolute atomic E-state index is 12.9. The Labute approximate surface area is 157 Å². The number of piperazine rings is 1. The number of halogens is 1. The summed E-state index contributed by atoms with van der Waals surface area (Å²) < 4.78 is 18.3. The second kappa shape index (κ2) is 8.64. The average Bonchev–Trinajstić information content (AvgIpc) is 2.73. The van der Waals surface area contributed by atoms with Gasteiger partial charge in [-0.2, -0.15) is 0 Å². The molecule has 2 amide bonds. The molecule has 1 aliphatic heterocycles. The van der Waals surface area contributed by atoms with Crippen LogP contribution >= 0.6 is 0 Å². The lowest BCUT2D eigenvalue weighted by molar-refractivity contribution is -0.134. The molecule has 7 heteroatoms. The Bertz CT molecular complexity index is 785. The minimum absolute atomic E-state index is 0.0479. The highest BCUT2D eigenvalue weighted by Gasteiger charge is 2.25. The van der Waals surface area contributed by atoms with Crippen LogP contribution < -0.4 is 10.5 Å². The number of carbonyl (C=O) groups is 2. The van der Waals surface area contributed by atoms with Gasteiger partial charge >= 0.3 is 0 Å². The van der Waals surface area contributed by atoms with E-state index in [9.17, 15) is 14.0 Å². The van der Waals surface area contributed by atoms with Gasteiger partial charge < -0.3 is 20.3 Å². The van der Waals surface area contributed by atoms with Gasteiger partial charge in [0.1, 0.15) is 11.6 Å². The topological polar surface area (TPSA) is 75.9 Å². The van der Waals surface area contributed by atoms with E-state index in [0.29, 0.717) is 44.0 Å². The third-order valence-corrected chi connectivity index (χ3v) is 4.53. The highest BCUT2D eigenvalue weighted by molar-refractivity contribution is 5.94. The summed E-state index contributed by atoms with van der Waals surface area (Å²) in [7, 11) is 0. The van der Waals surface area contributed by atoms with E-state index in [0.717, 1.165) is 5.56 Å². The van der Waals surface area contributed by atoms with Crippen molar-refractivity contribution in [1.29, 1.82) is 0 Å². The molecule has 0 aromatic heterocycles. The van der Waals surface area contributed by atoms with Gasteiger partial charge in [-0.3, -0.25) is 9.59 Å². The number of benzene rings is 2. The fourth-order valence-electron chi connectivity index (χ4n) is 2.89. The van der Waals surface area contributed by atoms with E-state index in [-0.39, 0.29) is 24.2 Å². The zero-order chi connectivity index (χ0) is 19.2. The molecule has 1 saturated heterocycles. The summed E-state index contributed by atoms with van der Waals surface area (Å²) in [6.45, 7) is 2.19. The van der Waals surface area contributed by atoms with Crippen LogP contribution in [0.3, 0.4) is 0 Å². The predicted molar refractivity (Wildman–Crippen MR) is 98.7 cm³/mol. The average molecular weight is 371 g/mol. The lowest BCUT2D eigenvalue weighted by Gasteiger charge is -2.34. The van der Waals surface area contributed by atoms with Crippen LogP contribution in [0.4, 0.5) is 4.39 Å². The number of hydrogen-bond acceptors (Lipinski definition) is 4. The Hall–Kier alpha value is -2.93. The molecule has 2 aromatic rings. The van der Waals surface area contributed by atoms with Gasteiger partial charge in [0.05, 0.1) is 0 Å².